The Labute approximate surface area is 148 Å². The molecule has 0 spiro atoms. The highest BCUT2D eigenvalue weighted by Gasteiger charge is 2.20. The second kappa shape index (κ2) is 8.60. The van der Waals surface area contributed by atoms with Gasteiger partial charge in [0, 0.05) is 0 Å². The first-order valence-electron chi connectivity index (χ1n) is 6.68. The number of hydrogen-bond donors (Lipinski definition) is 0. The summed E-state index contributed by atoms with van der Waals surface area (Å²) in [5.74, 6) is 0.284. The van der Waals surface area contributed by atoms with E-state index in [4.69, 9.17) is 30.5 Å². The summed E-state index contributed by atoms with van der Waals surface area (Å²) in [6.07, 6.45) is 1.81. The lowest BCUT2D eigenvalue weighted by Crippen LogP contribution is -2.08. The van der Waals surface area contributed by atoms with Crippen LogP contribution in [0.25, 0.3) is 0 Å². The minimum absolute atomic E-state index is 0.0487. The third kappa shape index (κ3) is 4.42. The number of carbonyl (C=O) groups is 1. The van der Waals surface area contributed by atoms with Crippen molar-refractivity contribution in [1.29, 1.82) is 0 Å². The largest absolute Gasteiger partial charge is 0.481 e. The average molecular weight is 371 g/mol. The first kappa shape index (κ1) is 18.2. The third-order valence-electron chi connectivity index (χ3n) is 2.77. The summed E-state index contributed by atoms with van der Waals surface area (Å²) < 4.78 is 20.8. The third-order valence-corrected chi connectivity index (χ3v) is 3.43. The molecule has 24 heavy (non-hydrogen) atoms. The van der Waals surface area contributed by atoms with Crippen LogP contribution in [0.2, 0.25) is 5.02 Å². The van der Waals surface area contributed by atoms with Gasteiger partial charge in [-0.15, -0.1) is 11.8 Å². The molecule has 128 valence electrons. The molecule has 0 aliphatic heterocycles. The smallest absolute Gasteiger partial charge is 0.344 e. The molecule has 0 saturated heterocycles. The Kier molecular flexibility index (Phi) is 6.51. The molecule has 1 aromatic heterocycles. The minimum atomic E-state index is -0.597. The number of halogens is 1. The van der Waals surface area contributed by atoms with Crippen LogP contribution in [0.15, 0.2) is 24.3 Å². The SMILES string of the molecule is COc1cc(OC)nc(Oc2cccc(Cl)c2C(=O)OCSC)n1. The molecule has 0 radical (unpaired) electrons. The molecule has 0 atom stereocenters. The number of esters is 1. The molecule has 7 nitrogen and oxygen atoms in total. The second-order valence-electron chi connectivity index (χ2n) is 4.29. The number of methoxy groups -OCH3 is 2. The first-order valence-corrected chi connectivity index (χ1v) is 8.45. The standard InChI is InChI=1S/C15H15ClN2O5S/c1-20-11-7-12(21-2)18-15(17-11)23-10-6-4-5-9(16)13(10)14(19)22-8-24-3/h4-7H,8H2,1-3H3. The van der Waals surface area contributed by atoms with Crippen LogP contribution in [0.5, 0.6) is 23.5 Å². The number of benzene rings is 1. The van der Waals surface area contributed by atoms with Gasteiger partial charge in [0.1, 0.15) is 17.3 Å². The van der Waals surface area contributed by atoms with Crippen molar-refractivity contribution in [2.75, 3.05) is 26.4 Å². The summed E-state index contributed by atoms with van der Waals surface area (Å²) in [5.41, 5.74) is 0.0959. The van der Waals surface area contributed by atoms with Gasteiger partial charge < -0.3 is 18.9 Å². The predicted molar refractivity (Wildman–Crippen MR) is 90.5 cm³/mol. The van der Waals surface area contributed by atoms with Crippen LogP contribution in [-0.4, -0.2) is 42.4 Å². The van der Waals surface area contributed by atoms with Gasteiger partial charge in [-0.2, -0.15) is 9.97 Å². The number of ether oxygens (including phenoxy) is 4. The van der Waals surface area contributed by atoms with Crippen LogP contribution >= 0.6 is 23.4 Å². The molecule has 2 rings (SSSR count). The van der Waals surface area contributed by atoms with E-state index in [1.807, 2.05) is 6.26 Å². The van der Waals surface area contributed by atoms with Gasteiger partial charge in [0.25, 0.3) is 0 Å². The van der Waals surface area contributed by atoms with E-state index in [-0.39, 0.29) is 40.0 Å². The fraction of sp³-hybridized carbons (Fsp3) is 0.267. The van der Waals surface area contributed by atoms with Crippen molar-refractivity contribution in [2.45, 2.75) is 0 Å². The normalized spacial score (nSPS) is 10.2. The number of rotatable bonds is 7. The molecule has 0 saturated carbocycles. The molecule has 0 unspecified atom stereocenters. The quantitative estimate of drug-likeness (QED) is 0.541. The zero-order valence-corrected chi connectivity index (χ0v) is 14.8. The fourth-order valence-corrected chi connectivity index (χ4v) is 2.18. The molecule has 0 aliphatic rings. The molecule has 1 aromatic carbocycles. The molecule has 2 aromatic rings. The van der Waals surface area contributed by atoms with E-state index in [1.165, 1.54) is 32.0 Å². The van der Waals surface area contributed by atoms with Gasteiger partial charge in [-0.3, -0.25) is 0 Å². The Bertz CT molecular complexity index is 707. The van der Waals surface area contributed by atoms with Crippen molar-refractivity contribution >= 4 is 29.3 Å². The highest BCUT2D eigenvalue weighted by Crippen LogP contribution is 2.31. The highest BCUT2D eigenvalue weighted by atomic mass is 35.5. The Morgan fingerprint density at radius 2 is 1.88 bits per heavy atom. The van der Waals surface area contributed by atoms with Crippen LogP contribution in [0, 0.1) is 0 Å². The first-order chi connectivity index (χ1) is 11.6. The Morgan fingerprint density at radius 3 is 2.46 bits per heavy atom. The molecule has 0 amide bonds. The van der Waals surface area contributed by atoms with Crippen molar-refractivity contribution in [3.8, 4) is 23.5 Å². The van der Waals surface area contributed by atoms with Crippen LogP contribution < -0.4 is 14.2 Å². The number of aromatic nitrogens is 2. The van der Waals surface area contributed by atoms with E-state index < -0.39 is 5.97 Å². The zero-order valence-electron chi connectivity index (χ0n) is 13.2. The maximum Gasteiger partial charge on any atom is 0.344 e. The molecule has 0 fully saturated rings. The summed E-state index contributed by atoms with van der Waals surface area (Å²) in [5, 5.41) is 0.202. The zero-order chi connectivity index (χ0) is 17.5. The van der Waals surface area contributed by atoms with Gasteiger partial charge in [0.15, 0.2) is 0 Å². The molecular formula is C15H15ClN2O5S. The topological polar surface area (TPSA) is 79.8 Å². The molecule has 0 bridgehead atoms. The van der Waals surface area contributed by atoms with Crippen LogP contribution in [0.1, 0.15) is 10.4 Å². The maximum absolute atomic E-state index is 12.2. The van der Waals surface area contributed by atoms with Crippen LogP contribution in [-0.2, 0) is 4.74 Å². The monoisotopic (exact) mass is 370 g/mol. The summed E-state index contributed by atoms with van der Waals surface area (Å²) in [6.45, 7) is 0. The van der Waals surface area contributed by atoms with Gasteiger partial charge in [-0.25, -0.2) is 4.79 Å². The van der Waals surface area contributed by atoms with E-state index in [0.29, 0.717) is 0 Å². The van der Waals surface area contributed by atoms with E-state index in [0.717, 1.165) is 0 Å². The van der Waals surface area contributed by atoms with Gasteiger partial charge in [0.2, 0.25) is 11.8 Å². The summed E-state index contributed by atoms with van der Waals surface area (Å²) in [6, 6.07) is 6.22. The van der Waals surface area contributed by atoms with Crippen LogP contribution in [0.3, 0.4) is 0 Å². The molecule has 0 N–H and O–H groups in total. The van der Waals surface area contributed by atoms with E-state index in [2.05, 4.69) is 9.97 Å². The average Bonchev–Trinajstić information content (AvgIpc) is 2.59. The second-order valence-corrected chi connectivity index (χ2v) is 5.51. The number of carbonyl (C=O) groups excluding carboxylic acids is 1. The van der Waals surface area contributed by atoms with Gasteiger partial charge in [-0.1, -0.05) is 17.7 Å². The number of hydrogen-bond acceptors (Lipinski definition) is 8. The van der Waals surface area contributed by atoms with Crippen molar-refractivity contribution in [2.24, 2.45) is 0 Å². The van der Waals surface area contributed by atoms with E-state index in [9.17, 15) is 4.79 Å². The van der Waals surface area contributed by atoms with E-state index >= 15 is 0 Å². The minimum Gasteiger partial charge on any atom is -0.481 e. The lowest BCUT2D eigenvalue weighted by Gasteiger charge is -2.12. The Hall–Kier alpha value is -2.19. The maximum atomic E-state index is 12.2. The van der Waals surface area contributed by atoms with Crippen molar-refractivity contribution in [3.05, 3.63) is 34.9 Å². The van der Waals surface area contributed by atoms with Crippen LogP contribution in [0.4, 0.5) is 0 Å². The number of thioether (sulfide) groups is 1. The predicted octanol–water partition coefficient (Wildman–Crippen LogP) is 3.42. The van der Waals surface area contributed by atoms with Gasteiger partial charge >= 0.3 is 12.0 Å². The lowest BCUT2D eigenvalue weighted by molar-refractivity contribution is 0.0577. The van der Waals surface area contributed by atoms with Crippen molar-refractivity contribution in [1.82, 2.24) is 9.97 Å². The van der Waals surface area contributed by atoms with Crippen molar-refractivity contribution in [3.63, 3.8) is 0 Å². The van der Waals surface area contributed by atoms with Gasteiger partial charge in [0.05, 0.1) is 25.3 Å². The molecule has 0 aliphatic carbocycles. The van der Waals surface area contributed by atoms with Gasteiger partial charge in [-0.05, 0) is 18.4 Å². The molecule has 1 heterocycles. The summed E-state index contributed by atoms with van der Waals surface area (Å²) in [4.78, 5) is 20.3. The lowest BCUT2D eigenvalue weighted by atomic mass is 10.2. The summed E-state index contributed by atoms with van der Waals surface area (Å²) in [7, 11) is 2.91. The summed E-state index contributed by atoms with van der Waals surface area (Å²) >= 11 is 7.47. The fourth-order valence-electron chi connectivity index (χ4n) is 1.71. The van der Waals surface area contributed by atoms with Crippen molar-refractivity contribution < 1.29 is 23.7 Å². The van der Waals surface area contributed by atoms with E-state index in [1.54, 1.807) is 18.2 Å². The molecule has 9 heteroatoms. The Morgan fingerprint density at radius 1 is 1.21 bits per heavy atom. The Balaban J connectivity index is 2.36. The highest BCUT2D eigenvalue weighted by molar-refractivity contribution is 7.98. The number of nitrogens with zero attached hydrogens (tertiary/aromatic N) is 2. The molecular weight excluding hydrogens is 356 g/mol.